The van der Waals surface area contributed by atoms with Gasteiger partial charge in [0, 0.05) is 16.5 Å². The van der Waals surface area contributed by atoms with E-state index in [1.165, 1.54) is 4.90 Å². The van der Waals surface area contributed by atoms with Gasteiger partial charge in [-0.15, -0.1) is 0 Å². The molecule has 4 aromatic rings. The highest BCUT2D eigenvalue weighted by molar-refractivity contribution is 6.22. The van der Waals surface area contributed by atoms with Gasteiger partial charge >= 0.3 is 5.97 Å². The van der Waals surface area contributed by atoms with Crippen LogP contribution in [-0.4, -0.2) is 34.7 Å². The number of carbonyl (C=O) groups excluding carboxylic acids is 4. The number of pyridine rings is 1. The third-order valence-electron chi connectivity index (χ3n) is 9.02. The largest absolute Gasteiger partial charge is 0.450 e. The Morgan fingerprint density at radius 1 is 0.932 bits per heavy atom. The molecular formula is C37H36N2O5. The lowest BCUT2D eigenvalue weighted by atomic mass is 9.76. The number of anilines is 1. The number of aromatic nitrogens is 1. The minimum atomic E-state index is -0.909. The maximum absolute atomic E-state index is 13.7. The Labute approximate surface area is 257 Å². The lowest BCUT2D eigenvalue weighted by Gasteiger charge is -2.25. The van der Waals surface area contributed by atoms with Crippen molar-refractivity contribution in [3.05, 3.63) is 95.6 Å². The molecule has 4 unspecified atom stereocenters. The summed E-state index contributed by atoms with van der Waals surface area (Å²) >= 11 is 0. The molecule has 2 heterocycles. The SMILES string of the molecule is CCCC(OC(=O)c1cc(-c2ccc(N3C(=O)C4CCC(C)CC4C3=O)cc2)nc2c(C)cccc12)C(=O)c1ccccc1. The number of fused-ring (bicyclic) bond motifs is 2. The van der Waals surface area contributed by atoms with Gasteiger partial charge in [-0.05, 0) is 62.3 Å². The van der Waals surface area contributed by atoms with Crippen LogP contribution in [0.4, 0.5) is 5.69 Å². The number of aryl methyl sites for hydroxylation is 1. The number of rotatable bonds is 8. The molecule has 2 fully saturated rings. The van der Waals surface area contributed by atoms with Gasteiger partial charge < -0.3 is 4.74 Å². The van der Waals surface area contributed by atoms with E-state index in [4.69, 9.17) is 9.72 Å². The molecule has 1 aliphatic heterocycles. The molecule has 1 aromatic heterocycles. The van der Waals surface area contributed by atoms with Crippen LogP contribution >= 0.6 is 0 Å². The van der Waals surface area contributed by atoms with E-state index < -0.39 is 12.1 Å². The van der Waals surface area contributed by atoms with Gasteiger partial charge in [0.15, 0.2) is 6.10 Å². The van der Waals surface area contributed by atoms with Crippen LogP contribution in [0.25, 0.3) is 22.2 Å². The zero-order chi connectivity index (χ0) is 31.0. The van der Waals surface area contributed by atoms with Gasteiger partial charge in [-0.2, -0.15) is 0 Å². The van der Waals surface area contributed by atoms with E-state index in [0.29, 0.717) is 52.2 Å². The summed E-state index contributed by atoms with van der Waals surface area (Å²) in [5.74, 6) is -1.09. The van der Waals surface area contributed by atoms with Gasteiger partial charge in [-0.25, -0.2) is 9.78 Å². The molecule has 1 saturated heterocycles. The van der Waals surface area contributed by atoms with Crippen molar-refractivity contribution in [3.8, 4) is 11.3 Å². The average Bonchev–Trinajstić information content (AvgIpc) is 3.28. The monoisotopic (exact) mass is 588 g/mol. The number of imide groups is 1. The van der Waals surface area contributed by atoms with Crippen molar-refractivity contribution in [1.82, 2.24) is 4.98 Å². The number of carbonyl (C=O) groups is 4. The van der Waals surface area contributed by atoms with Crippen LogP contribution in [0.5, 0.6) is 0 Å². The number of hydrogen-bond acceptors (Lipinski definition) is 6. The molecule has 1 aliphatic carbocycles. The minimum absolute atomic E-state index is 0.115. The number of Topliss-reactive ketones (excluding diaryl/α,β-unsaturated/α-hetero) is 1. The molecular weight excluding hydrogens is 552 g/mol. The van der Waals surface area contributed by atoms with Crippen LogP contribution in [0.3, 0.4) is 0 Å². The van der Waals surface area contributed by atoms with Gasteiger partial charge in [0.25, 0.3) is 0 Å². The molecule has 4 atom stereocenters. The summed E-state index contributed by atoms with van der Waals surface area (Å²) in [6, 6.07) is 23.4. The lowest BCUT2D eigenvalue weighted by Crippen LogP contribution is -2.30. The van der Waals surface area contributed by atoms with Crippen LogP contribution in [0, 0.1) is 24.7 Å². The summed E-state index contributed by atoms with van der Waals surface area (Å²) in [5, 5.41) is 0.642. The van der Waals surface area contributed by atoms with E-state index in [9.17, 15) is 19.2 Å². The van der Waals surface area contributed by atoms with Gasteiger partial charge in [0.2, 0.25) is 17.6 Å². The summed E-state index contributed by atoms with van der Waals surface area (Å²) in [5.41, 5.74) is 4.19. The second-order valence-corrected chi connectivity index (χ2v) is 12.1. The van der Waals surface area contributed by atoms with Crippen LogP contribution < -0.4 is 4.90 Å². The van der Waals surface area contributed by atoms with Crippen LogP contribution in [0.1, 0.15) is 72.2 Å². The van der Waals surface area contributed by atoms with E-state index >= 15 is 0 Å². The first-order valence-electron chi connectivity index (χ1n) is 15.5. The van der Waals surface area contributed by atoms with Crippen molar-refractivity contribution in [2.45, 2.75) is 59.0 Å². The number of ether oxygens (including phenoxy) is 1. The van der Waals surface area contributed by atoms with Gasteiger partial charge in [0.05, 0.1) is 34.3 Å². The first-order valence-corrected chi connectivity index (χ1v) is 15.5. The molecule has 0 spiro atoms. The summed E-state index contributed by atoms with van der Waals surface area (Å²) in [7, 11) is 0. The highest BCUT2D eigenvalue weighted by Gasteiger charge is 2.49. The number of para-hydroxylation sites is 1. The quantitative estimate of drug-likeness (QED) is 0.121. The van der Waals surface area contributed by atoms with E-state index in [0.717, 1.165) is 30.4 Å². The van der Waals surface area contributed by atoms with Crippen molar-refractivity contribution < 1.29 is 23.9 Å². The standard InChI is InChI=1S/C37H36N2O5/c1-4-9-32(34(40)25-11-6-5-7-12-25)44-37(43)30-21-31(38-33-23(3)10-8-13-27(30)33)24-15-17-26(18-16-24)39-35(41)28-19-14-22(2)20-29(28)36(39)42/h5-8,10-13,15-18,21-22,28-29,32H,4,9,14,19-20H2,1-3H3. The normalized spacial score (nSPS) is 20.4. The van der Waals surface area contributed by atoms with E-state index in [1.807, 2.05) is 50.2 Å². The molecule has 224 valence electrons. The predicted molar refractivity (Wildman–Crippen MR) is 169 cm³/mol. The van der Waals surface area contributed by atoms with Crippen molar-refractivity contribution in [2.24, 2.45) is 17.8 Å². The van der Waals surface area contributed by atoms with Crippen LogP contribution in [-0.2, 0) is 14.3 Å². The third-order valence-corrected chi connectivity index (χ3v) is 9.02. The van der Waals surface area contributed by atoms with Gasteiger partial charge in [0.1, 0.15) is 0 Å². The van der Waals surface area contributed by atoms with Gasteiger partial charge in [-0.1, -0.05) is 80.9 Å². The van der Waals surface area contributed by atoms with Crippen molar-refractivity contribution in [1.29, 1.82) is 0 Å². The third kappa shape index (κ3) is 5.43. The number of benzene rings is 3. The molecule has 0 bridgehead atoms. The number of nitrogens with zero attached hydrogens (tertiary/aromatic N) is 2. The molecule has 0 N–H and O–H groups in total. The average molecular weight is 589 g/mol. The molecule has 0 radical (unpaired) electrons. The molecule has 1 saturated carbocycles. The van der Waals surface area contributed by atoms with Crippen LogP contribution in [0.2, 0.25) is 0 Å². The molecule has 3 aromatic carbocycles. The first kappa shape index (κ1) is 29.4. The summed E-state index contributed by atoms with van der Waals surface area (Å²) in [4.78, 5) is 59.7. The lowest BCUT2D eigenvalue weighted by molar-refractivity contribution is -0.122. The Morgan fingerprint density at radius 3 is 2.39 bits per heavy atom. The van der Waals surface area contributed by atoms with E-state index in [-0.39, 0.29) is 29.4 Å². The van der Waals surface area contributed by atoms with Crippen molar-refractivity contribution in [2.75, 3.05) is 4.90 Å². The number of esters is 1. The molecule has 6 rings (SSSR count). The maximum Gasteiger partial charge on any atom is 0.339 e. The molecule has 2 aliphatic rings. The highest BCUT2D eigenvalue weighted by Crippen LogP contribution is 2.42. The first-order chi connectivity index (χ1) is 21.3. The molecule has 2 amide bonds. The number of amides is 2. The molecule has 7 nitrogen and oxygen atoms in total. The Morgan fingerprint density at radius 2 is 1.66 bits per heavy atom. The fourth-order valence-electron chi connectivity index (χ4n) is 6.62. The van der Waals surface area contributed by atoms with Gasteiger partial charge in [-0.3, -0.25) is 19.3 Å². The Hall–Kier alpha value is -4.65. The molecule has 7 heteroatoms. The maximum atomic E-state index is 13.7. The van der Waals surface area contributed by atoms with Crippen molar-refractivity contribution >= 4 is 40.2 Å². The smallest absolute Gasteiger partial charge is 0.339 e. The van der Waals surface area contributed by atoms with E-state index in [1.54, 1.807) is 42.5 Å². The summed E-state index contributed by atoms with van der Waals surface area (Å²) in [6.45, 7) is 6.02. The summed E-state index contributed by atoms with van der Waals surface area (Å²) < 4.78 is 5.90. The number of hydrogen-bond donors (Lipinski definition) is 0. The number of ketones is 1. The second kappa shape index (κ2) is 12.2. The second-order valence-electron chi connectivity index (χ2n) is 12.1. The fraction of sp³-hybridized carbons (Fsp3) is 0.324. The summed E-state index contributed by atoms with van der Waals surface area (Å²) in [6.07, 6.45) is 2.63. The fourth-order valence-corrected chi connectivity index (χ4v) is 6.62. The molecule has 44 heavy (non-hydrogen) atoms. The minimum Gasteiger partial charge on any atom is -0.450 e. The predicted octanol–water partition coefficient (Wildman–Crippen LogP) is 7.34. The van der Waals surface area contributed by atoms with E-state index in [2.05, 4.69) is 6.92 Å². The topological polar surface area (TPSA) is 93.6 Å². The zero-order valence-electron chi connectivity index (χ0n) is 25.3. The Balaban J connectivity index is 1.32. The Kier molecular flexibility index (Phi) is 8.13. The highest BCUT2D eigenvalue weighted by atomic mass is 16.5. The zero-order valence-corrected chi connectivity index (χ0v) is 25.3. The Bertz CT molecular complexity index is 1750. The van der Waals surface area contributed by atoms with Crippen LogP contribution in [0.15, 0.2) is 78.9 Å². The van der Waals surface area contributed by atoms with Crippen molar-refractivity contribution in [3.63, 3.8) is 0 Å².